The molecule has 0 aliphatic heterocycles. The zero-order valence-corrected chi connectivity index (χ0v) is 8.51. The quantitative estimate of drug-likeness (QED) is 0.575. The first-order valence-corrected chi connectivity index (χ1v) is 4.84. The molecule has 3 heteroatoms. The van der Waals surface area contributed by atoms with Crippen molar-refractivity contribution >= 4 is 11.6 Å². The van der Waals surface area contributed by atoms with Crippen LogP contribution in [-0.4, -0.2) is 6.04 Å². The van der Waals surface area contributed by atoms with Gasteiger partial charge in [-0.1, -0.05) is 30.7 Å². The van der Waals surface area contributed by atoms with Crippen LogP contribution in [-0.2, 0) is 6.42 Å². The molecule has 0 spiro atoms. The van der Waals surface area contributed by atoms with Crippen LogP contribution in [0.1, 0.15) is 18.9 Å². The fourth-order valence-electron chi connectivity index (χ4n) is 1.23. The molecule has 0 saturated heterocycles. The van der Waals surface area contributed by atoms with Crippen LogP contribution in [0, 0.1) is 0 Å². The summed E-state index contributed by atoms with van der Waals surface area (Å²) in [6.07, 6.45) is 1.98. The molecular weight excluding hydrogens is 184 g/mol. The first kappa shape index (κ1) is 10.5. The fraction of sp³-hybridized carbons (Fsp3) is 0.400. The molecule has 13 heavy (non-hydrogen) atoms. The second-order valence-corrected chi connectivity index (χ2v) is 3.54. The highest BCUT2D eigenvalue weighted by molar-refractivity contribution is 6.30. The van der Waals surface area contributed by atoms with Crippen molar-refractivity contribution in [3.05, 3.63) is 34.9 Å². The molecule has 0 amide bonds. The number of rotatable bonds is 4. The maximum absolute atomic E-state index is 5.78. The third-order valence-corrected chi connectivity index (χ3v) is 2.38. The van der Waals surface area contributed by atoms with Crippen molar-refractivity contribution in [2.45, 2.75) is 25.8 Å². The average molecular weight is 199 g/mol. The predicted octanol–water partition coefficient (Wildman–Crippen LogP) is 2.12. The lowest BCUT2D eigenvalue weighted by Gasteiger charge is -2.12. The zero-order chi connectivity index (χ0) is 9.68. The summed E-state index contributed by atoms with van der Waals surface area (Å²) in [6, 6.07) is 8.21. The summed E-state index contributed by atoms with van der Waals surface area (Å²) in [4.78, 5) is 0. The van der Waals surface area contributed by atoms with Gasteiger partial charge in [0.1, 0.15) is 0 Å². The maximum atomic E-state index is 5.78. The Hall–Kier alpha value is -0.570. The number of hydrogen-bond donors (Lipinski definition) is 2. The van der Waals surface area contributed by atoms with Crippen molar-refractivity contribution in [1.29, 1.82) is 0 Å². The van der Waals surface area contributed by atoms with Crippen LogP contribution >= 0.6 is 11.6 Å². The zero-order valence-electron chi connectivity index (χ0n) is 7.76. The van der Waals surface area contributed by atoms with Gasteiger partial charge in [-0.3, -0.25) is 11.3 Å². The standard InChI is InChI=1S/C10H15ClN2/c1-2-10(13-12)7-8-3-5-9(11)6-4-8/h3-6,10,13H,2,7,12H2,1H3. The Labute approximate surface area is 84.1 Å². The van der Waals surface area contributed by atoms with E-state index in [1.165, 1.54) is 5.56 Å². The highest BCUT2D eigenvalue weighted by Crippen LogP contribution is 2.11. The number of hydrogen-bond acceptors (Lipinski definition) is 2. The minimum absolute atomic E-state index is 0.348. The van der Waals surface area contributed by atoms with Crippen molar-refractivity contribution in [2.24, 2.45) is 5.84 Å². The number of benzene rings is 1. The molecule has 0 aliphatic rings. The fourth-order valence-corrected chi connectivity index (χ4v) is 1.35. The first-order chi connectivity index (χ1) is 6.26. The van der Waals surface area contributed by atoms with E-state index in [1.807, 2.05) is 24.3 Å². The molecule has 0 bridgehead atoms. The van der Waals surface area contributed by atoms with E-state index in [9.17, 15) is 0 Å². The Morgan fingerprint density at radius 1 is 1.38 bits per heavy atom. The van der Waals surface area contributed by atoms with E-state index < -0.39 is 0 Å². The molecular formula is C10H15ClN2. The van der Waals surface area contributed by atoms with E-state index in [4.69, 9.17) is 17.4 Å². The van der Waals surface area contributed by atoms with Crippen molar-refractivity contribution in [3.8, 4) is 0 Å². The molecule has 72 valence electrons. The number of halogens is 1. The summed E-state index contributed by atoms with van der Waals surface area (Å²) >= 11 is 5.78. The molecule has 3 N–H and O–H groups in total. The second kappa shape index (κ2) is 5.22. The lowest BCUT2D eigenvalue weighted by molar-refractivity contribution is 0.511. The van der Waals surface area contributed by atoms with Gasteiger partial charge < -0.3 is 0 Å². The van der Waals surface area contributed by atoms with Crippen LogP contribution in [0.4, 0.5) is 0 Å². The molecule has 1 aromatic rings. The van der Waals surface area contributed by atoms with Crippen LogP contribution in [0.3, 0.4) is 0 Å². The molecule has 1 unspecified atom stereocenters. The molecule has 0 heterocycles. The highest BCUT2D eigenvalue weighted by atomic mass is 35.5. The molecule has 0 fully saturated rings. The van der Waals surface area contributed by atoms with Gasteiger partial charge in [-0.2, -0.15) is 0 Å². The molecule has 2 nitrogen and oxygen atoms in total. The minimum Gasteiger partial charge on any atom is -0.271 e. The first-order valence-electron chi connectivity index (χ1n) is 4.46. The van der Waals surface area contributed by atoms with E-state index in [0.29, 0.717) is 6.04 Å². The van der Waals surface area contributed by atoms with Gasteiger partial charge >= 0.3 is 0 Å². The molecule has 1 aromatic carbocycles. The van der Waals surface area contributed by atoms with E-state index in [-0.39, 0.29) is 0 Å². The van der Waals surface area contributed by atoms with Crippen LogP contribution in [0.25, 0.3) is 0 Å². The molecule has 0 saturated carbocycles. The summed E-state index contributed by atoms with van der Waals surface area (Å²) in [5, 5.41) is 0.775. The van der Waals surface area contributed by atoms with E-state index in [1.54, 1.807) is 0 Å². The predicted molar refractivity (Wildman–Crippen MR) is 56.6 cm³/mol. The largest absolute Gasteiger partial charge is 0.271 e. The Balaban J connectivity index is 2.58. The van der Waals surface area contributed by atoms with E-state index in [2.05, 4.69) is 12.3 Å². The molecule has 0 aromatic heterocycles. The number of nitrogens with one attached hydrogen (secondary N) is 1. The third-order valence-electron chi connectivity index (χ3n) is 2.12. The number of hydrazine groups is 1. The summed E-state index contributed by atoms with van der Waals surface area (Å²) < 4.78 is 0. The molecule has 0 aliphatic carbocycles. The Kier molecular flexibility index (Phi) is 4.22. The highest BCUT2D eigenvalue weighted by Gasteiger charge is 2.03. The van der Waals surface area contributed by atoms with Crippen molar-refractivity contribution in [2.75, 3.05) is 0 Å². The summed E-state index contributed by atoms with van der Waals surface area (Å²) in [5.41, 5.74) is 4.04. The van der Waals surface area contributed by atoms with Crippen molar-refractivity contribution < 1.29 is 0 Å². The van der Waals surface area contributed by atoms with Gasteiger partial charge in [-0.15, -0.1) is 0 Å². The van der Waals surface area contributed by atoms with Crippen LogP contribution in [0.15, 0.2) is 24.3 Å². The average Bonchev–Trinajstić information content (AvgIpc) is 2.17. The van der Waals surface area contributed by atoms with Gasteiger partial charge in [-0.25, -0.2) is 0 Å². The minimum atomic E-state index is 0.348. The smallest absolute Gasteiger partial charge is 0.0406 e. The molecule has 0 radical (unpaired) electrons. The van der Waals surface area contributed by atoms with Gasteiger partial charge in [-0.05, 0) is 30.5 Å². The van der Waals surface area contributed by atoms with Gasteiger partial charge in [0.25, 0.3) is 0 Å². The summed E-state index contributed by atoms with van der Waals surface area (Å²) in [6.45, 7) is 2.11. The van der Waals surface area contributed by atoms with Gasteiger partial charge in [0, 0.05) is 11.1 Å². The van der Waals surface area contributed by atoms with Crippen molar-refractivity contribution in [3.63, 3.8) is 0 Å². The Morgan fingerprint density at radius 3 is 2.46 bits per heavy atom. The topological polar surface area (TPSA) is 38.0 Å². The normalized spacial score (nSPS) is 12.8. The van der Waals surface area contributed by atoms with Gasteiger partial charge in [0.05, 0.1) is 0 Å². The Morgan fingerprint density at radius 2 is 2.00 bits per heavy atom. The van der Waals surface area contributed by atoms with E-state index >= 15 is 0 Å². The number of nitrogens with two attached hydrogens (primary N) is 1. The lowest BCUT2D eigenvalue weighted by atomic mass is 10.0. The Bertz CT molecular complexity index is 242. The van der Waals surface area contributed by atoms with Crippen LogP contribution in [0.5, 0.6) is 0 Å². The lowest BCUT2D eigenvalue weighted by Crippen LogP contribution is -2.36. The SMILES string of the molecule is CCC(Cc1ccc(Cl)cc1)NN. The maximum Gasteiger partial charge on any atom is 0.0406 e. The van der Waals surface area contributed by atoms with Crippen LogP contribution in [0.2, 0.25) is 5.02 Å². The second-order valence-electron chi connectivity index (χ2n) is 3.10. The van der Waals surface area contributed by atoms with E-state index in [0.717, 1.165) is 17.9 Å². The monoisotopic (exact) mass is 198 g/mol. The van der Waals surface area contributed by atoms with Crippen molar-refractivity contribution in [1.82, 2.24) is 5.43 Å². The van der Waals surface area contributed by atoms with Gasteiger partial charge in [0.15, 0.2) is 0 Å². The van der Waals surface area contributed by atoms with Gasteiger partial charge in [0.2, 0.25) is 0 Å². The summed E-state index contributed by atoms with van der Waals surface area (Å²) in [5.74, 6) is 5.38. The third kappa shape index (κ3) is 3.35. The molecule has 1 rings (SSSR count). The van der Waals surface area contributed by atoms with Crippen LogP contribution < -0.4 is 11.3 Å². The molecule has 1 atom stereocenters. The summed E-state index contributed by atoms with van der Waals surface area (Å²) in [7, 11) is 0.